The van der Waals surface area contributed by atoms with Crippen molar-refractivity contribution in [2.75, 3.05) is 11.9 Å². The number of imidazole rings is 1. The number of anilines is 1. The number of benzene rings is 1. The van der Waals surface area contributed by atoms with E-state index in [2.05, 4.69) is 20.3 Å². The molecule has 0 radical (unpaired) electrons. The van der Waals surface area contributed by atoms with Gasteiger partial charge in [0.2, 0.25) is 0 Å². The number of aromatic nitrogens is 4. The number of hydrogen-bond acceptors (Lipinski definition) is 8. The fourth-order valence-electron chi connectivity index (χ4n) is 3.32. The van der Waals surface area contributed by atoms with Crippen LogP contribution in [0.1, 0.15) is 17.4 Å². The minimum Gasteiger partial charge on any atom is -0.394 e. The zero-order valence-electron chi connectivity index (χ0n) is 15.4. The molecular formula is C18H18F3N5O4. The molecule has 0 saturated carbocycles. The molecule has 2 aromatic heterocycles. The predicted molar refractivity (Wildman–Crippen MR) is 97.1 cm³/mol. The van der Waals surface area contributed by atoms with E-state index in [1.165, 1.54) is 23.3 Å². The molecule has 1 fully saturated rings. The first-order valence-corrected chi connectivity index (χ1v) is 8.99. The Kier molecular flexibility index (Phi) is 5.32. The van der Waals surface area contributed by atoms with Crippen LogP contribution in [0.25, 0.3) is 11.2 Å². The van der Waals surface area contributed by atoms with Crippen molar-refractivity contribution >= 4 is 17.0 Å². The Morgan fingerprint density at radius 3 is 2.63 bits per heavy atom. The Bertz CT molecular complexity index is 1040. The number of fused-ring (bicyclic) bond motifs is 1. The van der Waals surface area contributed by atoms with E-state index in [0.29, 0.717) is 11.1 Å². The summed E-state index contributed by atoms with van der Waals surface area (Å²) >= 11 is 0. The second-order valence-electron chi connectivity index (χ2n) is 6.83. The first kappa shape index (κ1) is 20.5. The highest BCUT2D eigenvalue weighted by atomic mass is 19.4. The van der Waals surface area contributed by atoms with Crippen molar-refractivity contribution in [2.45, 2.75) is 37.3 Å². The molecule has 3 aromatic rings. The van der Waals surface area contributed by atoms with Gasteiger partial charge in [0.15, 0.2) is 23.2 Å². The maximum absolute atomic E-state index is 12.9. The van der Waals surface area contributed by atoms with Crippen molar-refractivity contribution in [2.24, 2.45) is 0 Å². The lowest BCUT2D eigenvalue weighted by Crippen LogP contribution is -2.33. The SMILES string of the molecule is OC[C@H]1O[C@@H](n2cnc3c(NCc4cccc(C(F)(F)F)c4)ncnc32)[C@H](O)[C@@H]1O. The fraction of sp³-hybridized carbons (Fsp3) is 0.389. The van der Waals surface area contributed by atoms with Gasteiger partial charge in [0.05, 0.1) is 18.5 Å². The summed E-state index contributed by atoms with van der Waals surface area (Å²) in [4.78, 5) is 12.4. The van der Waals surface area contributed by atoms with Crippen molar-refractivity contribution in [3.05, 3.63) is 48.0 Å². The third-order valence-corrected chi connectivity index (χ3v) is 4.86. The van der Waals surface area contributed by atoms with Crippen LogP contribution in [-0.2, 0) is 17.5 Å². The molecule has 4 N–H and O–H groups in total. The number of halogens is 3. The molecule has 12 heteroatoms. The van der Waals surface area contributed by atoms with Gasteiger partial charge in [-0.2, -0.15) is 13.2 Å². The maximum atomic E-state index is 12.9. The average molecular weight is 425 g/mol. The first-order chi connectivity index (χ1) is 14.3. The average Bonchev–Trinajstić information content (AvgIpc) is 3.27. The number of ether oxygens (including phenoxy) is 1. The van der Waals surface area contributed by atoms with E-state index in [-0.39, 0.29) is 18.0 Å². The van der Waals surface area contributed by atoms with E-state index in [1.807, 2.05) is 0 Å². The number of hydrogen-bond donors (Lipinski definition) is 4. The van der Waals surface area contributed by atoms with Crippen LogP contribution in [0.3, 0.4) is 0 Å². The molecule has 1 aliphatic rings. The van der Waals surface area contributed by atoms with Crippen molar-refractivity contribution in [3.63, 3.8) is 0 Å². The van der Waals surface area contributed by atoms with Crippen LogP contribution in [0.5, 0.6) is 0 Å². The molecular weight excluding hydrogens is 407 g/mol. The summed E-state index contributed by atoms with van der Waals surface area (Å²) in [5, 5.41) is 32.4. The molecule has 3 heterocycles. The number of nitrogens with one attached hydrogen (secondary N) is 1. The molecule has 160 valence electrons. The summed E-state index contributed by atoms with van der Waals surface area (Å²) in [6.07, 6.45) is -6.42. The van der Waals surface area contributed by atoms with Crippen molar-refractivity contribution in [3.8, 4) is 0 Å². The van der Waals surface area contributed by atoms with Gasteiger partial charge in [0.1, 0.15) is 24.6 Å². The lowest BCUT2D eigenvalue weighted by Gasteiger charge is -2.16. The van der Waals surface area contributed by atoms with E-state index in [4.69, 9.17) is 4.74 Å². The molecule has 4 rings (SSSR count). The number of aliphatic hydroxyl groups is 3. The zero-order chi connectivity index (χ0) is 21.5. The summed E-state index contributed by atoms with van der Waals surface area (Å²) in [6.45, 7) is -0.406. The molecule has 1 aliphatic heterocycles. The molecule has 0 aliphatic carbocycles. The van der Waals surface area contributed by atoms with Gasteiger partial charge >= 0.3 is 6.18 Å². The van der Waals surface area contributed by atoms with Crippen molar-refractivity contribution < 1.29 is 33.2 Å². The number of aliphatic hydroxyl groups excluding tert-OH is 3. The van der Waals surface area contributed by atoms with E-state index in [0.717, 1.165) is 12.1 Å². The smallest absolute Gasteiger partial charge is 0.394 e. The van der Waals surface area contributed by atoms with Gasteiger partial charge in [-0.3, -0.25) is 4.57 Å². The molecule has 0 spiro atoms. The third-order valence-electron chi connectivity index (χ3n) is 4.86. The normalized spacial score (nSPS) is 24.5. The minimum atomic E-state index is -4.43. The molecule has 30 heavy (non-hydrogen) atoms. The van der Waals surface area contributed by atoms with Crippen LogP contribution in [0, 0.1) is 0 Å². The second-order valence-corrected chi connectivity index (χ2v) is 6.83. The maximum Gasteiger partial charge on any atom is 0.416 e. The summed E-state index contributed by atoms with van der Waals surface area (Å²) in [7, 11) is 0. The Hall–Kier alpha value is -2.80. The van der Waals surface area contributed by atoms with E-state index in [9.17, 15) is 28.5 Å². The summed E-state index contributed by atoms with van der Waals surface area (Å²) in [5.41, 5.74) is 0.247. The van der Waals surface area contributed by atoms with E-state index in [1.54, 1.807) is 6.07 Å². The molecule has 1 saturated heterocycles. The molecule has 1 aromatic carbocycles. The van der Waals surface area contributed by atoms with Gasteiger partial charge in [-0.1, -0.05) is 12.1 Å². The molecule has 0 unspecified atom stereocenters. The topological polar surface area (TPSA) is 126 Å². The fourth-order valence-corrected chi connectivity index (χ4v) is 3.32. The quantitative estimate of drug-likeness (QED) is 0.478. The summed E-state index contributed by atoms with van der Waals surface area (Å²) < 4.78 is 45.5. The van der Waals surface area contributed by atoms with Gasteiger partial charge in [-0.25, -0.2) is 15.0 Å². The third kappa shape index (κ3) is 3.69. The Labute approximate surface area is 167 Å². The van der Waals surface area contributed by atoms with Gasteiger partial charge in [0.25, 0.3) is 0 Å². The minimum absolute atomic E-state index is 0.0662. The second kappa shape index (κ2) is 7.80. The highest BCUT2D eigenvalue weighted by Gasteiger charge is 2.44. The largest absolute Gasteiger partial charge is 0.416 e. The lowest BCUT2D eigenvalue weighted by atomic mass is 10.1. The summed E-state index contributed by atoms with van der Waals surface area (Å²) in [5.74, 6) is 0.280. The van der Waals surface area contributed by atoms with Crippen LogP contribution < -0.4 is 5.32 Å². The Morgan fingerprint density at radius 2 is 1.93 bits per heavy atom. The Morgan fingerprint density at radius 1 is 1.13 bits per heavy atom. The van der Waals surface area contributed by atoms with Crippen LogP contribution in [0.15, 0.2) is 36.9 Å². The lowest BCUT2D eigenvalue weighted by molar-refractivity contribution is -0.137. The zero-order valence-corrected chi connectivity index (χ0v) is 15.4. The number of rotatable bonds is 5. The van der Waals surface area contributed by atoms with Crippen LogP contribution in [0.4, 0.5) is 19.0 Å². The van der Waals surface area contributed by atoms with E-state index >= 15 is 0 Å². The van der Waals surface area contributed by atoms with Gasteiger partial charge < -0.3 is 25.4 Å². The highest BCUT2D eigenvalue weighted by molar-refractivity contribution is 5.82. The van der Waals surface area contributed by atoms with Crippen LogP contribution in [0.2, 0.25) is 0 Å². The van der Waals surface area contributed by atoms with Gasteiger partial charge in [-0.15, -0.1) is 0 Å². The number of nitrogens with zero attached hydrogens (tertiary/aromatic N) is 4. The highest BCUT2D eigenvalue weighted by Crippen LogP contribution is 2.32. The van der Waals surface area contributed by atoms with Crippen molar-refractivity contribution in [1.29, 1.82) is 0 Å². The van der Waals surface area contributed by atoms with Crippen LogP contribution in [-0.4, -0.2) is 59.8 Å². The monoisotopic (exact) mass is 425 g/mol. The van der Waals surface area contributed by atoms with E-state index < -0.39 is 42.9 Å². The van der Waals surface area contributed by atoms with Crippen molar-refractivity contribution in [1.82, 2.24) is 19.5 Å². The van der Waals surface area contributed by atoms with Gasteiger partial charge in [-0.05, 0) is 17.7 Å². The predicted octanol–water partition coefficient (Wildman–Crippen LogP) is 1.07. The van der Waals surface area contributed by atoms with Gasteiger partial charge in [0, 0.05) is 6.54 Å². The molecule has 0 bridgehead atoms. The molecule has 4 atom stereocenters. The first-order valence-electron chi connectivity index (χ1n) is 8.99. The molecule has 9 nitrogen and oxygen atoms in total. The standard InChI is InChI=1S/C18H18F3N5O4/c19-18(20,21)10-3-1-2-9(4-10)5-22-15-12-16(24-7-23-15)26(8-25-12)17-14(29)13(28)11(6-27)30-17/h1-4,7-8,11,13-14,17,27-29H,5-6H2,(H,22,23,24)/t11-,13-,14-,17-/m1/s1. The van der Waals surface area contributed by atoms with Crippen LogP contribution >= 0.6 is 0 Å². The number of alkyl halides is 3. The Balaban J connectivity index is 1.57. The molecule has 0 amide bonds. The summed E-state index contributed by atoms with van der Waals surface area (Å²) in [6, 6.07) is 4.92.